The molecule has 1 aliphatic heterocycles. The Morgan fingerprint density at radius 3 is 2.64 bits per heavy atom. The lowest BCUT2D eigenvalue weighted by Gasteiger charge is -2.19. The van der Waals surface area contributed by atoms with Crippen LogP contribution in [0.4, 0.5) is 0 Å². The lowest BCUT2D eigenvalue weighted by Crippen LogP contribution is -2.19. The predicted molar refractivity (Wildman–Crippen MR) is 61.1 cm³/mol. The highest BCUT2D eigenvalue weighted by atomic mass is 35.5. The zero-order valence-corrected chi connectivity index (χ0v) is 9.52. The summed E-state index contributed by atoms with van der Waals surface area (Å²) in [5, 5.41) is 0.838. The number of aliphatic imine (C=N–C) groups is 1. The maximum absolute atomic E-state index is 6.11. The fourth-order valence-corrected chi connectivity index (χ4v) is 2.06. The number of fused-ring (bicyclic) bond motifs is 1. The van der Waals surface area contributed by atoms with Gasteiger partial charge < -0.3 is 0 Å². The van der Waals surface area contributed by atoms with Crippen molar-refractivity contribution in [3.05, 3.63) is 34.3 Å². The van der Waals surface area contributed by atoms with Gasteiger partial charge in [0, 0.05) is 27.3 Å². The molecular weight excluding hydrogens is 194 g/mol. The molecule has 0 radical (unpaired) electrons. The maximum Gasteiger partial charge on any atom is 0.0664 e. The van der Waals surface area contributed by atoms with Gasteiger partial charge in [-0.05, 0) is 6.07 Å². The van der Waals surface area contributed by atoms with Crippen molar-refractivity contribution in [1.82, 2.24) is 0 Å². The van der Waals surface area contributed by atoms with E-state index in [-0.39, 0.29) is 5.41 Å². The third-order valence-corrected chi connectivity index (χ3v) is 2.83. The molecule has 1 aliphatic rings. The summed E-state index contributed by atoms with van der Waals surface area (Å²) in [6.07, 6.45) is 0. The average molecular weight is 208 g/mol. The van der Waals surface area contributed by atoms with Crippen LogP contribution < -0.4 is 0 Å². The van der Waals surface area contributed by atoms with Gasteiger partial charge in [-0.25, -0.2) is 0 Å². The summed E-state index contributed by atoms with van der Waals surface area (Å²) >= 11 is 6.11. The molecule has 2 rings (SSSR count). The number of nitrogens with zero attached hydrogens (tertiary/aromatic N) is 1. The van der Waals surface area contributed by atoms with Gasteiger partial charge in [-0.3, -0.25) is 4.99 Å². The first-order chi connectivity index (χ1) is 6.50. The van der Waals surface area contributed by atoms with Crippen LogP contribution in [0, 0.1) is 5.41 Å². The highest BCUT2D eigenvalue weighted by Gasteiger charge is 2.27. The molecule has 0 spiro atoms. The number of halogens is 1. The van der Waals surface area contributed by atoms with Crippen LogP contribution in [0.15, 0.2) is 23.2 Å². The predicted octanol–water partition coefficient (Wildman–Crippen LogP) is 3.69. The van der Waals surface area contributed by atoms with Crippen molar-refractivity contribution in [2.24, 2.45) is 10.4 Å². The fourth-order valence-electron chi connectivity index (χ4n) is 1.83. The summed E-state index contributed by atoms with van der Waals surface area (Å²) in [6, 6.07) is 6.04. The molecule has 0 amide bonds. The van der Waals surface area contributed by atoms with Gasteiger partial charge in [0.15, 0.2) is 0 Å². The zero-order chi connectivity index (χ0) is 10.3. The molecule has 1 aromatic carbocycles. The van der Waals surface area contributed by atoms with Gasteiger partial charge in [0.1, 0.15) is 0 Å². The standard InChI is InChI=1S/C12H14ClN/c1-12(2,3)11-8-5-4-6-10(13)9(8)7-14-11/h4-6H,7H2,1-3H3. The first kappa shape index (κ1) is 9.72. The maximum atomic E-state index is 6.11. The van der Waals surface area contributed by atoms with E-state index in [1.165, 1.54) is 16.8 Å². The van der Waals surface area contributed by atoms with Gasteiger partial charge in [-0.1, -0.05) is 44.5 Å². The van der Waals surface area contributed by atoms with Crippen LogP contribution >= 0.6 is 11.6 Å². The molecule has 1 nitrogen and oxygen atoms in total. The Morgan fingerprint density at radius 2 is 2.00 bits per heavy atom. The lowest BCUT2D eigenvalue weighted by molar-refractivity contribution is 0.592. The summed E-state index contributed by atoms with van der Waals surface area (Å²) in [6.45, 7) is 7.28. The molecular formula is C12H14ClN. The third kappa shape index (κ3) is 1.46. The van der Waals surface area contributed by atoms with Crippen LogP contribution in [0.1, 0.15) is 31.9 Å². The van der Waals surface area contributed by atoms with E-state index in [0.717, 1.165) is 11.6 Å². The molecule has 14 heavy (non-hydrogen) atoms. The Kier molecular flexibility index (Phi) is 2.15. The van der Waals surface area contributed by atoms with Crippen molar-refractivity contribution in [3.63, 3.8) is 0 Å². The molecule has 74 valence electrons. The molecule has 0 aromatic heterocycles. The molecule has 1 heterocycles. The third-order valence-electron chi connectivity index (χ3n) is 2.48. The molecule has 0 unspecified atom stereocenters. The summed E-state index contributed by atoms with van der Waals surface area (Å²) in [4.78, 5) is 4.57. The Labute approximate surface area is 89.8 Å². The summed E-state index contributed by atoms with van der Waals surface area (Å²) < 4.78 is 0. The van der Waals surface area contributed by atoms with Gasteiger partial charge in [0.25, 0.3) is 0 Å². The van der Waals surface area contributed by atoms with Crippen LogP contribution in [0.5, 0.6) is 0 Å². The zero-order valence-electron chi connectivity index (χ0n) is 8.76. The molecule has 0 bridgehead atoms. The van der Waals surface area contributed by atoms with Crippen molar-refractivity contribution in [3.8, 4) is 0 Å². The molecule has 0 fully saturated rings. The lowest BCUT2D eigenvalue weighted by atomic mass is 9.85. The number of hydrogen-bond acceptors (Lipinski definition) is 1. The van der Waals surface area contributed by atoms with Gasteiger partial charge in [0.05, 0.1) is 6.54 Å². The van der Waals surface area contributed by atoms with Gasteiger partial charge in [0.2, 0.25) is 0 Å². The van der Waals surface area contributed by atoms with Gasteiger partial charge in [-0.2, -0.15) is 0 Å². The van der Waals surface area contributed by atoms with Crippen molar-refractivity contribution in [2.75, 3.05) is 0 Å². The van der Waals surface area contributed by atoms with Crippen molar-refractivity contribution < 1.29 is 0 Å². The van der Waals surface area contributed by atoms with Crippen molar-refractivity contribution in [2.45, 2.75) is 27.3 Å². The highest BCUT2D eigenvalue weighted by Crippen LogP contribution is 2.33. The highest BCUT2D eigenvalue weighted by molar-refractivity contribution is 6.32. The first-order valence-electron chi connectivity index (χ1n) is 4.83. The van der Waals surface area contributed by atoms with E-state index in [1.807, 2.05) is 12.1 Å². The Bertz CT molecular complexity index is 399. The SMILES string of the molecule is CC(C)(C)C1=NCc2c(Cl)cccc21. The van der Waals surface area contributed by atoms with E-state index in [1.54, 1.807) is 0 Å². The quantitative estimate of drug-likeness (QED) is 0.616. The molecule has 0 aliphatic carbocycles. The van der Waals surface area contributed by atoms with Crippen LogP contribution in [0.3, 0.4) is 0 Å². The number of rotatable bonds is 0. The minimum absolute atomic E-state index is 0.107. The summed E-state index contributed by atoms with van der Waals surface area (Å²) in [5.74, 6) is 0. The van der Waals surface area contributed by atoms with E-state index in [4.69, 9.17) is 11.6 Å². The van der Waals surface area contributed by atoms with Gasteiger partial charge >= 0.3 is 0 Å². The molecule has 0 saturated carbocycles. The monoisotopic (exact) mass is 207 g/mol. The molecule has 0 saturated heterocycles. The minimum atomic E-state index is 0.107. The van der Waals surface area contributed by atoms with Crippen molar-refractivity contribution >= 4 is 17.3 Å². The Balaban J connectivity index is 2.53. The smallest absolute Gasteiger partial charge is 0.0664 e. The van der Waals surface area contributed by atoms with Crippen LogP contribution in [-0.2, 0) is 6.54 Å². The number of hydrogen-bond donors (Lipinski definition) is 0. The fraction of sp³-hybridized carbons (Fsp3) is 0.417. The van der Waals surface area contributed by atoms with Crippen LogP contribution in [0.2, 0.25) is 5.02 Å². The number of benzene rings is 1. The largest absolute Gasteiger partial charge is 0.284 e. The summed E-state index contributed by atoms with van der Waals surface area (Å²) in [5.41, 5.74) is 3.69. The molecule has 2 heteroatoms. The second-order valence-electron chi connectivity index (χ2n) is 4.68. The topological polar surface area (TPSA) is 12.4 Å². The average Bonchev–Trinajstić information content (AvgIpc) is 2.47. The molecule has 0 atom stereocenters. The first-order valence-corrected chi connectivity index (χ1v) is 5.20. The molecule has 1 aromatic rings. The van der Waals surface area contributed by atoms with Crippen molar-refractivity contribution in [1.29, 1.82) is 0 Å². The van der Waals surface area contributed by atoms with E-state index >= 15 is 0 Å². The second-order valence-corrected chi connectivity index (χ2v) is 5.09. The van der Waals surface area contributed by atoms with E-state index in [2.05, 4.69) is 31.8 Å². The minimum Gasteiger partial charge on any atom is -0.284 e. The Hall–Kier alpha value is -0.820. The van der Waals surface area contributed by atoms with E-state index in [0.29, 0.717) is 0 Å². The Morgan fingerprint density at radius 1 is 1.29 bits per heavy atom. The van der Waals surface area contributed by atoms with Gasteiger partial charge in [-0.15, -0.1) is 0 Å². The molecule has 0 N–H and O–H groups in total. The normalized spacial score (nSPS) is 15.3. The summed E-state index contributed by atoms with van der Waals surface area (Å²) in [7, 11) is 0. The van der Waals surface area contributed by atoms with E-state index in [9.17, 15) is 0 Å². The van der Waals surface area contributed by atoms with Crippen LogP contribution in [0.25, 0.3) is 0 Å². The van der Waals surface area contributed by atoms with Crippen LogP contribution in [-0.4, -0.2) is 5.71 Å². The van der Waals surface area contributed by atoms with E-state index < -0.39 is 0 Å². The second kappa shape index (κ2) is 3.09.